The molecule has 45 heavy (non-hydrogen) atoms. The predicted octanol–water partition coefficient (Wildman–Crippen LogP) is 6.50. The highest BCUT2D eigenvalue weighted by atomic mass is 32.2. The van der Waals surface area contributed by atoms with Crippen LogP contribution in [0, 0.1) is 29.3 Å². The average Bonchev–Trinajstić information content (AvgIpc) is 3.63. The predicted molar refractivity (Wildman–Crippen MR) is 166 cm³/mol. The summed E-state index contributed by atoms with van der Waals surface area (Å²) in [5.41, 5.74) is -0.884. The van der Waals surface area contributed by atoms with Crippen LogP contribution in [-0.4, -0.2) is 81.0 Å². The van der Waals surface area contributed by atoms with E-state index in [0.29, 0.717) is 41.3 Å². The van der Waals surface area contributed by atoms with Gasteiger partial charge in [0.25, 0.3) is 0 Å². The second-order valence-electron chi connectivity index (χ2n) is 13.0. The second-order valence-corrected chi connectivity index (χ2v) is 14.0. The van der Waals surface area contributed by atoms with Crippen LogP contribution in [-0.2, 0) is 0 Å². The van der Waals surface area contributed by atoms with E-state index in [4.69, 9.17) is 9.72 Å². The van der Waals surface area contributed by atoms with Crippen molar-refractivity contribution in [3.8, 4) is 23.0 Å². The van der Waals surface area contributed by atoms with Gasteiger partial charge >= 0.3 is 6.01 Å². The van der Waals surface area contributed by atoms with E-state index in [-0.39, 0.29) is 45.9 Å². The van der Waals surface area contributed by atoms with Gasteiger partial charge in [0.05, 0.1) is 10.9 Å². The standard InChI is InChI=1S/C33H33F4N5O2S/c1-45-30-18-3-4-19(30)14-41(13-18)31-23-12-38-28(22-10-21(43)9-17-5-6-24(35)26(36)25(17)22)27(37)29(23)39-32(40-31)44-16-33-7-2-8-42(33)15-20(34)11-33/h5-6,9-10,12,18-20,30,43H,2-4,7-8,11,13-16H2,1H3/t18?,19?,20-,30?,33+/m1/s1. The quantitative estimate of drug-likeness (QED) is 0.240. The van der Waals surface area contributed by atoms with Crippen LogP contribution in [0.1, 0.15) is 32.1 Å². The largest absolute Gasteiger partial charge is 0.508 e. The summed E-state index contributed by atoms with van der Waals surface area (Å²) < 4.78 is 66.8. The van der Waals surface area contributed by atoms with Gasteiger partial charge in [0.2, 0.25) is 0 Å². The van der Waals surface area contributed by atoms with Crippen LogP contribution < -0.4 is 9.64 Å². The van der Waals surface area contributed by atoms with Crippen molar-refractivity contribution in [2.24, 2.45) is 11.8 Å². The Morgan fingerprint density at radius 2 is 1.87 bits per heavy atom. The number of halogens is 4. The summed E-state index contributed by atoms with van der Waals surface area (Å²) in [6, 6.07) is 4.73. The van der Waals surface area contributed by atoms with Crippen molar-refractivity contribution in [2.45, 2.75) is 49.1 Å². The Bertz CT molecular complexity index is 1820. The fraction of sp³-hybridized carbons (Fsp3) is 0.485. The van der Waals surface area contributed by atoms with Crippen molar-refractivity contribution >= 4 is 39.3 Å². The van der Waals surface area contributed by atoms with Crippen LogP contribution >= 0.6 is 11.8 Å². The SMILES string of the molecule is CSC1C2CCC1CN(c1nc(OC[C@@]34CCCN3C[C@H](F)C4)nc3c(F)c(-c4cc(O)cc5ccc(F)c(F)c45)ncc13)C2. The van der Waals surface area contributed by atoms with E-state index in [2.05, 4.69) is 26.0 Å². The van der Waals surface area contributed by atoms with Crippen molar-refractivity contribution in [3.63, 3.8) is 0 Å². The first kappa shape index (κ1) is 29.1. The molecule has 1 aliphatic carbocycles. The maximum atomic E-state index is 16.7. The Balaban J connectivity index is 1.26. The molecule has 1 saturated carbocycles. The number of benzene rings is 2. The van der Waals surface area contributed by atoms with Crippen LogP contribution in [0.15, 0.2) is 30.5 Å². The third-order valence-corrected chi connectivity index (χ3v) is 11.8. The minimum absolute atomic E-state index is 0.0191. The van der Waals surface area contributed by atoms with Crippen LogP contribution in [0.3, 0.4) is 0 Å². The number of piperidine rings is 1. The molecule has 4 aromatic rings. The maximum Gasteiger partial charge on any atom is 0.319 e. The molecule has 2 aromatic heterocycles. The molecule has 8 rings (SSSR count). The molecule has 4 fully saturated rings. The Labute approximate surface area is 262 Å². The number of rotatable bonds is 6. The zero-order chi connectivity index (χ0) is 31.0. The third kappa shape index (κ3) is 4.69. The van der Waals surface area contributed by atoms with E-state index in [1.807, 2.05) is 11.8 Å². The Hall–Kier alpha value is -3.38. The lowest BCUT2D eigenvalue weighted by Crippen LogP contribution is -2.44. The van der Waals surface area contributed by atoms with Crippen molar-refractivity contribution in [1.82, 2.24) is 19.9 Å². The molecule has 2 unspecified atom stereocenters. The number of hydrogen-bond acceptors (Lipinski definition) is 8. The number of fused-ring (bicyclic) bond motifs is 5. The summed E-state index contributed by atoms with van der Waals surface area (Å²) in [5.74, 6) is -1.91. The number of phenols is 1. The minimum Gasteiger partial charge on any atom is -0.508 e. The number of nitrogens with zero attached hydrogens (tertiary/aromatic N) is 5. The van der Waals surface area contributed by atoms with E-state index >= 15 is 8.78 Å². The second kappa shape index (κ2) is 10.9. The van der Waals surface area contributed by atoms with Crippen LogP contribution in [0.5, 0.6) is 11.8 Å². The Morgan fingerprint density at radius 3 is 2.64 bits per heavy atom. The topological polar surface area (TPSA) is 74.6 Å². The first-order valence-electron chi connectivity index (χ1n) is 15.5. The monoisotopic (exact) mass is 639 g/mol. The number of aromatic hydroxyl groups is 1. The number of anilines is 1. The number of pyridine rings is 1. The maximum absolute atomic E-state index is 16.7. The van der Waals surface area contributed by atoms with Gasteiger partial charge < -0.3 is 14.7 Å². The molecule has 0 spiro atoms. The molecule has 0 amide bonds. The Kier molecular flexibility index (Phi) is 7.01. The third-order valence-electron chi connectivity index (χ3n) is 10.4. The van der Waals surface area contributed by atoms with Gasteiger partial charge in [-0.25, -0.2) is 17.6 Å². The first-order valence-corrected chi connectivity index (χ1v) is 16.8. The van der Waals surface area contributed by atoms with Gasteiger partial charge in [-0.05, 0) is 73.9 Å². The van der Waals surface area contributed by atoms with E-state index in [1.54, 1.807) is 0 Å². The number of alkyl halides is 1. The molecule has 5 heterocycles. The normalized spacial score (nSPS) is 28.0. The molecule has 236 valence electrons. The van der Waals surface area contributed by atoms with Crippen LogP contribution in [0.2, 0.25) is 0 Å². The number of hydrogen-bond donors (Lipinski definition) is 1. The van der Waals surface area contributed by atoms with Gasteiger partial charge in [-0.2, -0.15) is 21.7 Å². The number of ether oxygens (including phenoxy) is 1. The molecule has 4 atom stereocenters. The Morgan fingerprint density at radius 1 is 1.07 bits per heavy atom. The van der Waals surface area contributed by atoms with Crippen molar-refractivity contribution in [2.75, 3.05) is 43.9 Å². The first-order chi connectivity index (χ1) is 21.7. The van der Waals surface area contributed by atoms with Gasteiger partial charge in [-0.15, -0.1) is 0 Å². The zero-order valence-corrected chi connectivity index (χ0v) is 25.6. The van der Waals surface area contributed by atoms with E-state index < -0.39 is 29.2 Å². The summed E-state index contributed by atoms with van der Waals surface area (Å²) in [4.78, 5) is 18.0. The molecular formula is C33H33F4N5O2S. The van der Waals surface area contributed by atoms with E-state index in [9.17, 15) is 13.9 Å². The lowest BCUT2D eigenvalue weighted by molar-refractivity contribution is 0.107. The molecule has 4 aliphatic rings. The molecular weight excluding hydrogens is 606 g/mol. The molecule has 3 saturated heterocycles. The highest BCUT2D eigenvalue weighted by Crippen LogP contribution is 2.46. The molecule has 7 nitrogen and oxygen atoms in total. The molecule has 1 N–H and O–H groups in total. The van der Waals surface area contributed by atoms with Crippen molar-refractivity contribution in [1.29, 1.82) is 0 Å². The smallest absolute Gasteiger partial charge is 0.319 e. The summed E-state index contributed by atoms with van der Waals surface area (Å²) in [6.07, 6.45) is 7.04. The van der Waals surface area contributed by atoms with Gasteiger partial charge in [0, 0.05) is 48.5 Å². The van der Waals surface area contributed by atoms with Crippen LogP contribution in [0.25, 0.3) is 32.9 Å². The van der Waals surface area contributed by atoms with Gasteiger partial charge in [0.1, 0.15) is 35.6 Å². The number of aromatic nitrogens is 3. The lowest BCUT2D eigenvalue weighted by Gasteiger charge is -2.38. The molecule has 12 heteroatoms. The average molecular weight is 640 g/mol. The summed E-state index contributed by atoms with van der Waals surface area (Å²) in [5, 5.41) is 11.4. The molecule has 2 aromatic carbocycles. The minimum atomic E-state index is -1.16. The summed E-state index contributed by atoms with van der Waals surface area (Å²) in [7, 11) is 0. The van der Waals surface area contributed by atoms with E-state index in [0.717, 1.165) is 51.4 Å². The summed E-state index contributed by atoms with van der Waals surface area (Å²) in [6.45, 7) is 2.86. The molecule has 2 bridgehead atoms. The van der Waals surface area contributed by atoms with Crippen LogP contribution in [0.4, 0.5) is 23.4 Å². The fourth-order valence-electron chi connectivity index (χ4n) is 8.46. The fourth-order valence-corrected chi connectivity index (χ4v) is 9.67. The lowest BCUT2D eigenvalue weighted by atomic mass is 9.95. The van der Waals surface area contributed by atoms with Gasteiger partial charge in [-0.1, -0.05) is 6.07 Å². The van der Waals surface area contributed by atoms with E-state index in [1.165, 1.54) is 24.4 Å². The number of thioether (sulfide) groups is 1. The zero-order valence-electron chi connectivity index (χ0n) is 24.8. The highest BCUT2D eigenvalue weighted by molar-refractivity contribution is 7.99. The molecule has 0 radical (unpaired) electrons. The van der Waals surface area contributed by atoms with Crippen molar-refractivity contribution < 1.29 is 27.4 Å². The summed E-state index contributed by atoms with van der Waals surface area (Å²) >= 11 is 1.90. The molecule has 3 aliphatic heterocycles. The number of phenolic OH excluding ortho intramolecular Hbond substituents is 1. The van der Waals surface area contributed by atoms with Gasteiger partial charge in [0.15, 0.2) is 17.5 Å². The highest BCUT2D eigenvalue weighted by Gasteiger charge is 2.49. The van der Waals surface area contributed by atoms with Gasteiger partial charge in [-0.3, -0.25) is 9.88 Å². The van der Waals surface area contributed by atoms with Crippen molar-refractivity contribution in [3.05, 3.63) is 47.9 Å².